The number of hydrogen-bond donors (Lipinski definition) is 1. The molecule has 3 aromatic carbocycles. The second-order valence-electron chi connectivity index (χ2n) is 8.45. The van der Waals surface area contributed by atoms with Crippen molar-refractivity contribution >= 4 is 35.0 Å². The number of anilines is 2. The number of nitriles is 1. The molecule has 0 aliphatic carbocycles. The molecule has 0 unspecified atom stereocenters. The highest BCUT2D eigenvalue weighted by molar-refractivity contribution is 6.32. The maximum Gasteiger partial charge on any atom is 0.280 e. The van der Waals surface area contributed by atoms with Gasteiger partial charge >= 0.3 is 0 Å². The number of carbonyl (C=O) groups excluding carboxylic acids is 2. The van der Waals surface area contributed by atoms with Gasteiger partial charge in [0.15, 0.2) is 18.1 Å². The highest BCUT2D eigenvalue weighted by Crippen LogP contribution is 2.31. The zero-order chi connectivity index (χ0) is 27.8. The Labute approximate surface area is 226 Å². The molecule has 0 radical (unpaired) electrons. The molecule has 4 rings (SSSR count). The Bertz CT molecular complexity index is 1450. The molecule has 0 fully saturated rings. The Hall–Kier alpha value is -5.10. The van der Waals surface area contributed by atoms with E-state index in [-0.39, 0.29) is 18.4 Å². The lowest BCUT2D eigenvalue weighted by Crippen LogP contribution is -2.21. The molecule has 0 aromatic heterocycles. The number of benzene rings is 3. The van der Waals surface area contributed by atoms with Crippen LogP contribution in [0.25, 0.3) is 6.08 Å². The Morgan fingerprint density at radius 1 is 0.974 bits per heavy atom. The van der Waals surface area contributed by atoms with Crippen molar-refractivity contribution in [2.24, 2.45) is 5.10 Å². The van der Waals surface area contributed by atoms with Crippen LogP contribution in [0, 0.1) is 11.3 Å². The third kappa shape index (κ3) is 6.62. The van der Waals surface area contributed by atoms with Crippen molar-refractivity contribution in [1.29, 1.82) is 5.26 Å². The van der Waals surface area contributed by atoms with Gasteiger partial charge in [0.2, 0.25) is 0 Å². The summed E-state index contributed by atoms with van der Waals surface area (Å²) >= 11 is 0. The number of amides is 2. The van der Waals surface area contributed by atoms with E-state index in [0.29, 0.717) is 58.5 Å². The van der Waals surface area contributed by atoms with Crippen molar-refractivity contribution in [1.82, 2.24) is 0 Å². The summed E-state index contributed by atoms with van der Waals surface area (Å²) in [6.45, 7) is 6.26. The Balaban J connectivity index is 1.44. The summed E-state index contributed by atoms with van der Waals surface area (Å²) in [5.74, 6) is 0.985. The zero-order valence-corrected chi connectivity index (χ0v) is 21.9. The summed E-state index contributed by atoms with van der Waals surface area (Å²) in [5, 5.41) is 17.5. The van der Waals surface area contributed by atoms with Crippen molar-refractivity contribution in [3.8, 4) is 23.3 Å². The highest BCUT2D eigenvalue weighted by Gasteiger charge is 2.28. The first-order valence-electron chi connectivity index (χ1n) is 12.5. The van der Waals surface area contributed by atoms with E-state index in [1.54, 1.807) is 79.7 Å². The maximum absolute atomic E-state index is 13.1. The monoisotopic (exact) mass is 524 g/mol. The average molecular weight is 525 g/mol. The molecule has 1 N–H and O–H groups in total. The van der Waals surface area contributed by atoms with E-state index in [0.717, 1.165) is 5.75 Å². The number of rotatable bonds is 10. The first-order valence-corrected chi connectivity index (χ1v) is 12.5. The summed E-state index contributed by atoms with van der Waals surface area (Å²) in [6, 6.07) is 21.0. The molecular weight excluding hydrogens is 496 g/mol. The van der Waals surface area contributed by atoms with Crippen LogP contribution in [0.2, 0.25) is 0 Å². The minimum atomic E-state index is -0.320. The predicted octanol–water partition coefficient (Wildman–Crippen LogP) is 5.18. The van der Waals surface area contributed by atoms with Crippen molar-refractivity contribution in [2.45, 2.75) is 20.8 Å². The maximum atomic E-state index is 13.1. The minimum absolute atomic E-state index is 0.211. The van der Waals surface area contributed by atoms with Crippen LogP contribution in [0.4, 0.5) is 11.4 Å². The van der Waals surface area contributed by atoms with Gasteiger partial charge in [-0.2, -0.15) is 15.4 Å². The molecule has 3 aromatic rings. The molecule has 0 spiro atoms. The van der Waals surface area contributed by atoms with E-state index in [1.165, 1.54) is 5.01 Å². The van der Waals surface area contributed by atoms with Crippen LogP contribution < -0.4 is 24.5 Å². The SMILES string of the molecule is CCOc1ccc(NC(=O)COc2ccc(C=C3C(=O)N(c4ccc(C#N)cc4)N=C3C)cc2OCC)cc1. The van der Waals surface area contributed by atoms with E-state index < -0.39 is 0 Å². The predicted molar refractivity (Wildman–Crippen MR) is 149 cm³/mol. The van der Waals surface area contributed by atoms with Crippen molar-refractivity contribution in [2.75, 3.05) is 30.1 Å². The summed E-state index contributed by atoms with van der Waals surface area (Å²) in [6.07, 6.45) is 1.73. The third-order valence-electron chi connectivity index (χ3n) is 5.69. The molecular formula is C30H28N4O5. The molecule has 1 heterocycles. The number of ether oxygens (including phenoxy) is 3. The smallest absolute Gasteiger partial charge is 0.280 e. The summed E-state index contributed by atoms with van der Waals surface area (Å²) in [4.78, 5) is 25.5. The Morgan fingerprint density at radius 2 is 1.69 bits per heavy atom. The van der Waals surface area contributed by atoms with Crippen molar-refractivity contribution in [3.63, 3.8) is 0 Å². The molecule has 9 nitrogen and oxygen atoms in total. The molecule has 0 saturated heterocycles. The van der Waals surface area contributed by atoms with E-state index in [2.05, 4.69) is 16.5 Å². The highest BCUT2D eigenvalue weighted by atomic mass is 16.5. The average Bonchev–Trinajstić information content (AvgIpc) is 3.22. The fraction of sp³-hybridized carbons (Fsp3) is 0.200. The molecule has 0 saturated carbocycles. The second-order valence-corrected chi connectivity index (χ2v) is 8.45. The van der Waals surface area contributed by atoms with Gasteiger partial charge < -0.3 is 19.5 Å². The lowest BCUT2D eigenvalue weighted by molar-refractivity contribution is -0.118. The van der Waals surface area contributed by atoms with Gasteiger partial charge in [-0.15, -0.1) is 0 Å². The van der Waals surface area contributed by atoms with Crippen LogP contribution in [0.3, 0.4) is 0 Å². The van der Waals surface area contributed by atoms with Gasteiger partial charge in [0.05, 0.1) is 41.8 Å². The molecule has 198 valence electrons. The number of hydrogen-bond acceptors (Lipinski definition) is 7. The van der Waals surface area contributed by atoms with Gasteiger partial charge in [-0.05, 0) is 93.1 Å². The van der Waals surface area contributed by atoms with Crippen LogP contribution in [-0.4, -0.2) is 37.3 Å². The fourth-order valence-corrected chi connectivity index (χ4v) is 3.85. The molecule has 9 heteroatoms. The number of hydrazone groups is 1. The minimum Gasteiger partial charge on any atom is -0.494 e. The number of nitrogens with one attached hydrogen (secondary N) is 1. The van der Waals surface area contributed by atoms with Crippen LogP contribution in [0.15, 0.2) is 77.4 Å². The van der Waals surface area contributed by atoms with E-state index in [4.69, 9.17) is 19.5 Å². The van der Waals surface area contributed by atoms with Gasteiger partial charge in [0.1, 0.15) is 5.75 Å². The topological polar surface area (TPSA) is 113 Å². The second kappa shape index (κ2) is 12.4. The van der Waals surface area contributed by atoms with Gasteiger partial charge in [0.25, 0.3) is 11.8 Å². The zero-order valence-electron chi connectivity index (χ0n) is 21.9. The van der Waals surface area contributed by atoms with Crippen molar-refractivity contribution in [3.05, 3.63) is 83.4 Å². The summed E-state index contributed by atoms with van der Waals surface area (Å²) in [7, 11) is 0. The summed E-state index contributed by atoms with van der Waals surface area (Å²) in [5.41, 5.74) is 3.42. The molecule has 0 bridgehead atoms. The molecule has 39 heavy (non-hydrogen) atoms. The number of carbonyl (C=O) groups is 2. The van der Waals surface area contributed by atoms with Crippen LogP contribution in [0.5, 0.6) is 17.2 Å². The lowest BCUT2D eigenvalue weighted by Gasteiger charge is -2.13. The lowest BCUT2D eigenvalue weighted by atomic mass is 10.1. The van der Waals surface area contributed by atoms with E-state index in [9.17, 15) is 9.59 Å². The third-order valence-corrected chi connectivity index (χ3v) is 5.69. The largest absolute Gasteiger partial charge is 0.494 e. The van der Waals surface area contributed by atoms with Crippen LogP contribution in [-0.2, 0) is 9.59 Å². The van der Waals surface area contributed by atoms with Crippen LogP contribution in [0.1, 0.15) is 31.9 Å². The molecule has 0 atom stereocenters. The normalized spacial score (nSPS) is 13.6. The fourth-order valence-electron chi connectivity index (χ4n) is 3.85. The molecule has 1 aliphatic rings. The van der Waals surface area contributed by atoms with Gasteiger partial charge in [-0.3, -0.25) is 9.59 Å². The summed E-state index contributed by atoms with van der Waals surface area (Å²) < 4.78 is 16.9. The first kappa shape index (κ1) is 26.9. The Morgan fingerprint density at radius 3 is 2.36 bits per heavy atom. The Kier molecular flexibility index (Phi) is 8.59. The van der Waals surface area contributed by atoms with E-state index >= 15 is 0 Å². The van der Waals surface area contributed by atoms with Gasteiger partial charge in [-0.25, -0.2) is 0 Å². The first-order chi connectivity index (χ1) is 18.9. The molecule has 1 aliphatic heterocycles. The van der Waals surface area contributed by atoms with Gasteiger partial charge in [0, 0.05) is 5.69 Å². The van der Waals surface area contributed by atoms with Crippen LogP contribution >= 0.6 is 0 Å². The standard InChI is InChI=1S/C30H28N4O5/c1-4-37-25-13-9-23(10-14-25)32-29(35)19-39-27-15-8-22(17-28(27)38-5-2)16-26-20(3)33-34(30(26)36)24-11-6-21(18-31)7-12-24/h6-17H,4-5,19H2,1-3H3,(H,32,35). The van der Waals surface area contributed by atoms with Gasteiger partial charge in [-0.1, -0.05) is 6.07 Å². The van der Waals surface area contributed by atoms with E-state index in [1.807, 2.05) is 13.8 Å². The number of nitrogens with zero attached hydrogens (tertiary/aromatic N) is 3. The molecule has 2 amide bonds. The van der Waals surface area contributed by atoms with Crippen molar-refractivity contribution < 1.29 is 23.8 Å². The quantitative estimate of drug-likeness (QED) is 0.366.